The molecule has 0 bridgehead atoms. The lowest BCUT2D eigenvalue weighted by Crippen LogP contribution is -2.44. The number of hydrogen-bond donors (Lipinski definition) is 1. The van der Waals surface area contributed by atoms with E-state index in [-0.39, 0.29) is 11.1 Å². The van der Waals surface area contributed by atoms with Crippen LogP contribution in [0.3, 0.4) is 0 Å². The third-order valence-corrected chi connectivity index (χ3v) is 6.13. The lowest BCUT2D eigenvalue weighted by Gasteiger charge is -2.30. The van der Waals surface area contributed by atoms with Gasteiger partial charge in [0.05, 0.1) is 6.54 Å². The molecule has 0 spiro atoms. The topological polar surface area (TPSA) is 62.6 Å². The van der Waals surface area contributed by atoms with Crippen LogP contribution in [-0.4, -0.2) is 43.4 Å². The van der Waals surface area contributed by atoms with E-state index < -0.39 is 10.0 Å². The maximum atomic E-state index is 12.5. The number of furan rings is 1. The molecule has 19 heavy (non-hydrogen) atoms. The second kappa shape index (κ2) is 6.30. The highest BCUT2D eigenvalue weighted by atomic mass is 32.2. The Morgan fingerprint density at radius 2 is 2.32 bits per heavy atom. The van der Waals surface area contributed by atoms with Crippen LogP contribution in [0.2, 0.25) is 0 Å². The minimum atomic E-state index is -3.49. The second-order valence-electron chi connectivity index (χ2n) is 4.54. The average Bonchev–Trinajstić information content (AvgIpc) is 2.86. The van der Waals surface area contributed by atoms with Crippen molar-refractivity contribution >= 4 is 21.8 Å². The number of thioether (sulfide) groups is 1. The maximum Gasteiger partial charge on any atom is 0.276 e. The summed E-state index contributed by atoms with van der Waals surface area (Å²) in [5, 5.41) is 3.17. The molecule has 1 aliphatic heterocycles. The van der Waals surface area contributed by atoms with Crippen LogP contribution in [0.5, 0.6) is 0 Å². The van der Waals surface area contributed by atoms with Crippen molar-refractivity contribution in [2.45, 2.75) is 31.5 Å². The number of hydrogen-bond acceptors (Lipinski definition) is 5. The summed E-state index contributed by atoms with van der Waals surface area (Å²) in [5.41, 5.74) is 0. The molecule has 0 amide bonds. The minimum absolute atomic E-state index is 0.0195. The molecule has 1 unspecified atom stereocenters. The van der Waals surface area contributed by atoms with Gasteiger partial charge in [-0.15, -0.1) is 0 Å². The van der Waals surface area contributed by atoms with Crippen molar-refractivity contribution in [3.05, 3.63) is 17.9 Å². The van der Waals surface area contributed by atoms with Gasteiger partial charge in [-0.25, -0.2) is 8.42 Å². The van der Waals surface area contributed by atoms with Gasteiger partial charge in [0.1, 0.15) is 5.76 Å². The molecule has 5 nitrogen and oxygen atoms in total. The van der Waals surface area contributed by atoms with Gasteiger partial charge in [0.15, 0.2) is 0 Å². The number of nitrogens with zero attached hydrogens (tertiary/aromatic N) is 1. The first kappa shape index (κ1) is 14.9. The van der Waals surface area contributed by atoms with Crippen molar-refractivity contribution < 1.29 is 12.8 Å². The minimum Gasteiger partial charge on any atom is -0.447 e. The van der Waals surface area contributed by atoms with Crippen LogP contribution in [0.1, 0.15) is 19.6 Å². The van der Waals surface area contributed by atoms with Gasteiger partial charge >= 0.3 is 0 Å². The fraction of sp³-hybridized carbons (Fsp3) is 0.667. The largest absolute Gasteiger partial charge is 0.447 e. The zero-order valence-electron chi connectivity index (χ0n) is 11.3. The summed E-state index contributed by atoms with van der Waals surface area (Å²) in [7, 11) is -3.49. The molecule has 1 saturated heterocycles. The molecule has 1 aliphatic rings. The van der Waals surface area contributed by atoms with Crippen molar-refractivity contribution in [3.63, 3.8) is 0 Å². The normalized spacial score (nSPS) is 21.7. The number of rotatable bonds is 5. The predicted octanol–water partition coefficient (Wildman–Crippen LogP) is 1.52. The van der Waals surface area contributed by atoms with Crippen LogP contribution >= 0.6 is 11.8 Å². The average molecular weight is 304 g/mol. The van der Waals surface area contributed by atoms with Gasteiger partial charge in [-0.05, 0) is 25.6 Å². The first-order chi connectivity index (χ1) is 9.05. The fourth-order valence-electron chi connectivity index (χ4n) is 2.02. The van der Waals surface area contributed by atoms with Crippen LogP contribution in [0.25, 0.3) is 0 Å². The van der Waals surface area contributed by atoms with Gasteiger partial charge < -0.3 is 9.73 Å². The van der Waals surface area contributed by atoms with E-state index in [0.29, 0.717) is 18.8 Å². The Hall–Kier alpha value is -0.500. The van der Waals surface area contributed by atoms with Crippen molar-refractivity contribution in [3.8, 4) is 0 Å². The maximum absolute atomic E-state index is 12.5. The molecule has 108 valence electrons. The lowest BCUT2D eigenvalue weighted by atomic mass is 10.4. The Balaban J connectivity index is 2.16. The van der Waals surface area contributed by atoms with Crippen LogP contribution in [0.4, 0.5) is 0 Å². The van der Waals surface area contributed by atoms with E-state index in [1.165, 1.54) is 0 Å². The first-order valence-corrected chi connectivity index (χ1v) is 9.04. The van der Waals surface area contributed by atoms with Crippen molar-refractivity contribution in [1.29, 1.82) is 0 Å². The van der Waals surface area contributed by atoms with E-state index in [1.54, 1.807) is 28.2 Å². The molecule has 1 atom stereocenters. The Morgan fingerprint density at radius 1 is 1.53 bits per heavy atom. The van der Waals surface area contributed by atoms with E-state index in [0.717, 1.165) is 18.1 Å². The second-order valence-corrected chi connectivity index (χ2v) is 7.51. The van der Waals surface area contributed by atoms with E-state index in [9.17, 15) is 8.42 Å². The van der Waals surface area contributed by atoms with E-state index in [4.69, 9.17) is 4.42 Å². The highest BCUT2D eigenvalue weighted by Gasteiger charge is 2.33. The Labute approximate surface area is 118 Å². The van der Waals surface area contributed by atoms with Crippen molar-refractivity contribution in [2.24, 2.45) is 0 Å². The van der Waals surface area contributed by atoms with Crippen LogP contribution in [0.15, 0.2) is 21.6 Å². The lowest BCUT2D eigenvalue weighted by molar-refractivity contribution is 0.339. The molecular formula is C12H20N2O3S2. The zero-order valence-corrected chi connectivity index (χ0v) is 12.9. The third kappa shape index (κ3) is 3.34. The Kier molecular flexibility index (Phi) is 4.94. The van der Waals surface area contributed by atoms with Crippen molar-refractivity contribution in [2.75, 3.05) is 24.6 Å². The molecule has 1 aromatic rings. The Morgan fingerprint density at radius 3 is 3.00 bits per heavy atom. The number of nitrogens with one attached hydrogen (secondary N) is 1. The highest BCUT2D eigenvalue weighted by molar-refractivity contribution is 7.99. The summed E-state index contributed by atoms with van der Waals surface area (Å²) < 4.78 is 32.0. The van der Waals surface area contributed by atoms with E-state index in [2.05, 4.69) is 5.32 Å². The summed E-state index contributed by atoms with van der Waals surface area (Å²) in [6.07, 6.45) is 0. The SMILES string of the molecule is CCNCc1ccc(S(=O)(=O)N2CCSCC2C)o1. The fourth-order valence-corrected chi connectivity index (χ4v) is 4.81. The standard InChI is InChI=1S/C12H20N2O3S2/c1-3-13-8-11-4-5-12(17-11)19(15,16)14-6-7-18-9-10(14)2/h4-5,10,13H,3,6-9H2,1-2H3. The molecule has 0 aliphatic carbocycles. The summed E-state index contributed by atoms with van der Waals surface area (Å²) in [4.78, 5) is 0. The zero-order chi connectivity index (χ0) is 13.9. The molecule has 0 saturated carbocycles. The quantitative estimate of drug-likeness (QED) is 0.893. The summed E-state index contributed by atoms with van der Waals surface area (Å²) in [6, 6.07) is 3.29. The summed E-state index contributed by atoms with van der Waals surface area (Å²) >= 11 is 1.79. The molecule has 2 heterocycles. The summed E-state index contributed by atoms with van der Waals surface area (Å²) in [6.45, 7) is 5.86. The van der Waals surface area contributed by atoms with Gasteiger partial charge in [0, 0.05) is 24.1 Å². The van der Waals surface area contributed by atoms with Crippen molar-refractivity contribution in [1.82, 2.24) is 9.62 Å². The van der Waals surface area contributed by atoms with E-state index >= 15 is 0 Å². The summed E-state index contributed by atoms with van der Waals surface area (Å²) in [5.74, 6) is 2.33. The van der Waals surface area contributed by atoms with Crippen LogP contribution in [-0.2, 0) is 16.6 Å². The molecule has 2 rings (SSSR count). The van der Waals surface area contributed by atoms with Crippen LogP contribution < -0.4 is 5.32 Å². The molecule has 1 aromatic heterocycles. The highest BCUT2D eigenvalue weighted by Crippen LogP contribution is 2.25. The first-order valence-electron chi connectivity index (χ1n) is 6.44. The van der Waals surface area contributed by atoms with Gasteiger partial charge in [-0.1, -0.05) is 6.92 Å². The molecule has 0 radical (unpaired) electrons. The molecular weight excluding hydrogens is 284 g/mol. The monoisotopic (exact) mass is 304 g/mol. The van der Waals surface area contributed by atoms with Gasteiger partial charge in [0.2, 0.25) is 5.09 Å². The van der Waals surface area contributed by atoms with Gasteiger partial charge in [-0.2, -0.15) is 16.1 Å². The Bertz CT molecular complexity index is 513. The van der Waals surface area contributed by atoms with Gasteiger partial charge in [0.25, 0.3) is 10.0 Å². The molecule has 0 aromatic carbocycles. The van der Waals surface area contributed by atoms with Crippen LogP contribution in [0, 0.1) is 0 Å². The molecule has 1 N–H and O–H groups in total. The smallest absolute Gasteiger partial charge is 0.276 e. The third-order valence-electron chi connectivity index (χ3n) is 3.06. The van der Waals surface area contributed by atoms with E-state index in [1.807, 2.05) is 13.8 Å². The predicted molar refractivity (Wildman–Crippen MR) is 76.8 cm³/mol. The molecule has 7 heteroatoms. The molecule has 1 fully saturated rings. The number of sulfonamides is 1. The van der Waals surface area contributed by atoms with Gasteiger partial charge in [-0.3, -0.25) is 0 Å².